The van der Waals surface area contributed by atoms with Crippen molar-refractivity contribution in [3.8, 4) is 11.4 Å². The highest BCUT2D eigenvalue weighted by molar-refractivity contribution is 7.90. The van der Waals surface area contributed by atoms with Gasteiger partial charge in [0.05, 0.1) is 21.9 Å². The third-order valence-electron chi connectivity index (χ3n) is 4.08. The molecule has 0 aliphatic carbocycles. The number of nitrogens with one attached hydrogen (secondary N) is 1. The molecule has 2 amide bonds. The van der Waals surface area contributed by atoms with E-state index in [1.165, 1.54) is 36.4 Å². The Morgan fingerprint density at radius 2 is 1.68 bits per heavy atom. The first-order chi connectivity index (χ1) is 14.5. The van der Waals surface area contributed by atoms with Gasteiger partial charge in [0.2, 0.25) is 0 Å². The highest BCUT2D eigenvalue weighted by Gasteiger charge is 2.37. The highest BCUT2D eigenvalue weighted by atomic mass is 32.2. The number of nitrogens with two attached hydrogens (primary N) is 2. The molecule has 0 saturated carbocycles. The number of benzene rings is 2. The predicted octanol–water partition coefficient (Wildman–Crippen LogP) is 3.21. The van der Waals surface area contributed by atoms with Crippen LogP contribution in [0.5, 0.6) is 0 Å². The zero-order valence-electron chi connectivity index (χ0n) is 15.7. The molecule has 0 aliphatic rings. The van der Waals surface area contributed by atoms with E-state index in [2.05, 4.69) is 15.3 Å². The second kappa shape index (κ2) is 8.22. The number of alkyl halides is 3. The van der Waals surface area contributed by atoms with Gasteiger partial charge >= 0.3 is 12.2 Å². The van der Waals surface area contributed by atoms with Gasteiger partial charge in [0.25, 0.3) is 0 Å². The lowest BCUT2D eigenvalue weighted by Gasteiger charge is -2.13. The van der Waals surface area contributed by atoms with Crippen LogP contribution in [-0.4, -0.2) is 24.4 Å². The van der Waals surface area contributed by atoms with Crippen molar-refractivity contribution in [1.29, 1.82) is 0 Å². The number of carbonyl (C=O) groups excluding carboxylic acids is 1. The summed E-state index contributed by atoms with van der Waals surface area (Å²) in [5, 5.41) is 2.38. The normalized spacial score (nSPS) is 11.8. The van der Waals surface area contributed by atoms with Crippen molar-refractivity contribution >= 4 is 27.4 Å². The fourth-order valence-corrected chi connectivity index (χ4v) is 4.31. The van der Waals surface area contributed by atoms with Crippen molar-refractivity contribution < 1.29 is 26.4 Å². The Morgan fingerprint density at radius 1 is 1.03 bits per heavy atom. The number of anilines is 2. The molecule has 5 N–H and O–H groups in total. The van der Waals surface area contributed by atoms with Crippen LogP contribution in [0.3, 0.4) is 0 Å². The molecule has 0 fully saturated rings. The number of nitrogen functional groups attached to an aromatic ring is 1. The number of urea groups is 1. The van der Waals surface area contributed by atoms with E-state index in [4.69, 9.17) is 11.5 Å². The van der Waals surface area contributed by atoms with Gasteiger partial charge in [-0.1, -0.05) is 12.1 Å². The van der Waals surface area contributed by atoms with E-state index in [0.29, 0.717) is 17.3 Å². The van der Waals surface area contributed by atoms with Gasteiger partial charge in [-0.05, 0) is 36.4 Å². The average molecular weight is 451 g/mol. The maximum absolute atomic E-state index is 13.2. The molecule has 0 radical (unpaired) electrons. The Bertz CT molecular complexity index is 1230. The van der Waals surface area contributed by atoms with Crippen LogP contribution in [0.4, 0.5) is 29.5 Å². The third-order valence-corrected chi connectivity index (χ3v) is 5.78. The lowest BCUT2D eigenvalue weighted by Crippen LogP contribution is -2.19. The van der Waals surface area contributed by atoms with Gasteiger partial charge in [0, 0.05) is 17.3 Å². The Hall–Kier alpha value is -3.67. The van der Waals surface area contributed by atoms with E-state index >= 15 is 0 Å². The number of sulfone groups is 1. The first kappa shape index (κ1) is 22.0. The largest absolute Gasteiger partial charge is 0.417 e. The molecule has 1 heterocycles. The minimum Gasteiger partial charge on any atom is -0.384 e. The molecule has 12 heteroatoms. The number of nitrogens with zero attached hydrogens (tertiary/aromatic N) is 2. The molecule has 8 nitrogen and oxygen atoms in total. The van der Waals surface area contributed by atoms with Gasteiger partial charge in [0.1, 0.15) is 5.82 Å². The van der Waals surface area contributed by atoms with Crippen LogP contribution in [0.2, 0.25) is 0 Å². The number of hydrogen-bond donors (Lipinski definition) is 3. The van der Waals surface area contributed by atoms with Crippen LogP contribution in [0.15, 0.2) is 59.5 Å². The number of hydrogen-bond acceptors (Lipinski definition) is 6. The minimum absolute atomic E-state index is 0.0568. The molecule has 0 atom stereocenters. The first-order valence-electron chi connectivity index (χ1n) is 8.65. The Labute approximate surface area is 175 Å². The fourth-order valence-electron chi connectivity index (χ4n) is 2.81. The second-order valence-electron chi connectivity index (χ2n) is 6.43. The highest BCUT2D eigenvalue weighted by Crippen LogP contribution is 2.35. The zero-order valence-corrected chi connectivity index (χ0v) is 16.5. The lowest BCUT2D eigenvalue weighted by molar-refractivity contribution is -0.139. The van der Waals surface area contributed by atoms with Crippen molar-refractivity contribution in [2.75, 3.05) is 11.1 Å². The van der Waals surface area contributed by atoms with Crippen LogP contribution in [0.25, 0.3) is 11.4 Å². The average Bonchev–Trinajstić information content (AvgIpc) is 2.66. The molecule has 162 valence electrons. The summed E-state index contributed by atoms with van der Waals surface area (Å²) in [6, 6.07) is 10.5. The number of primary amides is 1. The summed E-state index contributed by atoms with van der Waals surface area (Å²) < 4.78 is 65.1. The maximum atomic E-state index is 13.2. The molecule has 2 aromatic carbocycles. The summed E-state index contributed by atoms with van der Waals surface area (Å²) in [5.41, 5.74) is 10.3. The molecule has 0 spiro atoms. The van der Waals surface area contributed by atoms with E-state index in [9.17, 15) is 26.4 Å². The number of carbonyl (C=O) groups is 1. The van der Waals surface area contributed by atoms with E-state index in [1.807, 2.05) is 0 Å². The third kappa shape index (κ3) is 5.28. The van der Waals surface area contributed by atoms with Gasteiger partial charge in [0.15, 0.2) is 15.7 Å². The SMILES string of the molecule is NC(=O)Nc1ccc(-c2nc(N)cc(CS(=O)(=O)c3ccccc3C(F)(F)F)n2)cc1. The van der Waals surface area contributed by atoms with Gasteiger partial charge in [-0.3, -0.25) is 0 Å². The van der Waals surface area contributed by atoms with Crippen LogP contribution >= 0.6 is 0 Å². The molecule has 0 aliphatic heterocycles. The molecular formula is C19H16F3N5O3S. The number of aromatic nitrogens is 2. The number of rotatable bonds is 5. The van der Waals surface area contributed by atoms with E-state index < -0.39 is 38.3 Å². The molecule has 3 rings (SSSR count). The van der Waals surface area contributed by atoms with Gasteiger partial charge in [-0.2, -0.15) is 13.2 Å². The van der Waals surface area contributed by atoms with Crippen LogP contribution in [0.1, 0.15) is 11.3 Å². The summed E-state index contributed by atoms with van der Waals surface area (Å²) in [5.74, 6) is -0.792. The topological polar surface area (TPSA) is 141 Å². The summed E-state index contributed by atoms with van der Waals surface area (Å²) >= 11 is 0. The Balaban J connectivity index is 1.95. The lowest BCUT2D eigenvalue weighted by atomic mass is 10.2. The molecular weight excluding hydrogens is 435 g/mol. The summed E-state index contributed by atoms with van der Waals surface area (Å²) in [4.78, 5) is 18.2. The van der Waals surface area contributed by atoms with Crippen molar-refractivity contribution in [2.45, 2.75) is 16.8 Å². The maximum Gasteiger partial charge on any atom is 0.417 e. The van der Waals surface area contributed by atoms with E-state index in [-0.39, 0.29) is 17.3 Å². The Morgan fingerprint density at radius 3 is 2.29 bits per heavy atom. The van der Waals surface area contributed by atoms with Gasteiger partial charge in [-0.25, -0.2) is 23.2 Å². The number of halogens is 3. The smallest absolute Gasteiger partial charge is 0.384 e. The standard InChI is InChI=1S/C19H16F3N5O3S/c20-19(21,22)14-3-1-2-4-15(14)31(29,30)10-13-9-16(23)27-17(25-13)11-5-7-12(8-6-11)26-18(24)28/h1-9H,10H2,(H2,23,25,27)(H3,24,26,28). The van der Waals surface area contributed by atoms with Gasteiger partial charge in [-0.15, -0.1) is 0 Å². The van der Waals surface area contributed by atoms with E-state index in [1.54, 1.807) is 0 Å². The zero-order chi connectivity index (χ0) is 22.8. The second-order valence-corrected chi connectivity index (χ2v) is 8.39. The summed E-state index contributed by atoms with van der Waals surface area (Å²) in [6.45, 7) is 0. The summed E-state index contributed by atoms with van der Waals surface area (Å²) in [6.07, 6.45) is -4.83. The van der Waals surface area contributed by atoms with Crippen LogP contribution < -0.4 is 16.8 Å². The monoisotopic (exact) mass is 451 g/mol. The van der Waals surface area contributed by atoms with Crippen LogP contribution in [0, 0.1) is 0 Å². The van der Waals surface area contributed by atoms with Crippen LogP contribution in [-0.2, 0) is 21.8 Å². The first-order valence-corrected chi connectivity index (χ1v) is 10.3. The Kier molecular flexibility index (Phi) is 5.84. The van der Waals surface area contributed by atoms with Gasteiger partial charge < -0.3 is 16.8 Å². The quantitative estimate of drug-likeness (QED) is 0.544. The minimum atomic E-state index is -4.83. The summed E-state index contributed by atoms with van der Waals surface area (Å²) in [7, 11) is -4.39. The predicted molar refractivity (Wildman–Crippen MR) is 107 cm³/mol. The molecule has 3 aromatic rings. The van der Waals surface area contributed by atoms with Crippen molar-refractivity contribution in [1.82, 2.24) is 9.97 Å². The molecule has 31 heavy (non-hydrogen) atoms. The number of amides is 2. The van der Waals surface area contributed by atoms with E-state index in [0.717, 1.165) is 12.1 Å². The van der Waals surface area contributed by atoms with Crippen molar-refractivity contribution in [3.63, 3.8) is 0 Å². The fraction of sp³-hybridized carbons (Fsp3) is 0.105. The molecule has 0 saturated heterocycles. The molecule has 0 unspecified atom stereocenters. The molecule has 1 aromatic heterocycles. The van der Waals surface area contributed by atoms with Crippen molar-refractivity contribution in [3.05, 3.63) is 65.9 Å². The van der Waals surface area contributed by atoms with Crippen molar-refractivity contribution in [2.24, 2.45) is 5.73 Å². The molecule has 0 bridgehead atoms.